The van der Waals surface area contributed by atoms with Crippen LogP contribution in [0.4, 0.5) is 4.79 Å². The highest BCUT2D eigenvalue weighted by molar-refractivity contribution is 7.09. The number of aromatic carboxylic acids is 1. The monoisotopic (exact) mass is 312 g/mol. The van der Waals surface area contributed by atoms with Crippen LogP contribution in [0.25, 0.3) is 0 Å². The van der Waals surface area contributed by atoms with E-state index < -0.39 is 5.97 Å². The zero-order valence-corrected chi connectivity index (χ0v) is 13.0. The van der Waals surface area contributed by atoms with Crippen LogP contribution in [0.5, 0.6) is 0 Å². The number of carbonyl (C=O) groups excluding carboxylic acids is 1. The fraction of sp³-hybridized carbons (Fsp3) is 0.615. The highest BCUT2D eigenvalue weighted by atomic mass is 32.1. The summed E-state index contributed by atoms with van der Waals surface area (Å²) < 4.78 is 0. The fourth-order valence-corrected chi connectivity index (χ4v) is 3.05. The van der Waals surface area contributed by atoms with Gasteiger partial charge in [-0.3, -0.25) is 0 Å². The van der Waals surface area contributed by atoms with Gasteiger partial charge in [-0.1, -0.05) is 0 Å². The van der Waals surface area contributed by atoms with Crippen molar-refractivity contribution in [3.8, 4) is 0 Å². The molecular formula is C13H20N4O3S. The molecule has 1 aromatic heterocycles. The first-order chi connectivity index (χ1) is 9.97. The van der Waals surface area contributed by atoms with Crippen LogP contribution in [0.3, 0.4) is 0 Å². The topological polar surface area (TPSA) is 85.8 Å². The number of carboxylic acids is 1. The molecule has 2 N–H and O–H groups in total. The summed E-state index contributed by atoms with van der Waals surface area (Å²) in [7, 11) is 4.12. The Bertz CT molecular complexity index is 509. The Morgan fingerprint density at radius 2 is 2.14 bits per heavy atom. The summed E-state index contributed by atoms with van der Waals surface area (Å²) in [5.74, 6) is -1.05. The molecule has 1 aliphatic heterocycles. The molecule has 0 bridgehead atoms. The van der Waals surface area contributed by atoms with E-state index in [2.05, 4.69) is 29.3 Å². The molecule has 1 fully saturated rings. The Morgan fingerprint density at radius 1 is 1.48 bits per heavy atom. The quantitative estimate of drug-likeness (QED) is 0.869. The first-order valence-corrected chi connectivity index (χ1v) is 7.72. The molecule has 7 nitrogen and oxygen atoms in total. The Kier molecular flexibility index (Phi) is 5.13. The maximum absolute atomic E-state index is 12.1. The third kappa shape index (κ3) is 4.15. The molecule has 1 aliphatic rings. The maximum atomic E-state index is 12.1. The van der Waals surface area contributed by atoms with Crippen molar-refractivity contribution in [2.24, 2.45) is 0 Å². The lowest BCUT2D eigenvalue weighted by Crippen LogP contribution is -2.47. The van der Waals surface area contributed by atoms with Crippen molar-refractivity contribution in [2.45, 2.75) is 25.4 Å². The number of nitrogens with zero attached hydrogens (tertiary/aromatic N) is 3. The van der Waals surface area contributed by atoms with Crippen molar-refractivity contribution in [1.82, 2.24) is 20.1 Å². The second-order valence-corrected chi connectivity index (χ2v) is 6.21. The molecule has 0 radical (unpaired) electrons. The van der Waals surface area contributed by atoms with Gasteiger partial charge in [-0.2, -0.15) is 0 Å². The lowest BCUT2D eigenvalue weighted by molar-refractivity contribution is 0.0691. The summed E-state index contributed by atoms with van der Waals surface area (Å²) in [5, 5.41) is 13.7. The predicted octanol–water partition coefficient (Wildman–Crippen LogP) is 1.08. The number of aromatic nitrogens is 1. The summed E-state index contributed by atoms with van der Waals surface area (Å²) in [4.78, 5) is 30.7. The Labute approximate surface area is 127 Å². The van der Waals surface area contributed by atoms with E-state index >= 15 is 0 Å². The molecule has 21 heavy (non-hydrogen) atoms. The molecule has 0 spiro atoms. The van der Waals surface area contributed by atoms with Crippen LogP contribution < -0.4 is 5.32 Å². The van der Waals surface area contributed by atoms with Crippen LogP contribution in [0.2, 0.25) is 0 Å². The van der Waals surface area contributed by atoms with Gasteiger partial charge < -0.3 is 20.2 Å². The molecule has 2 heterocycles. The average Bonchev–Trinajstić information content (AvgIpc) is 2.94. The highest BCUT2D eigenvalue weighted by Crippen LogP contribution is 2.14. The highest BCUT2D eigenvalue weighted by Gasteiger charge is 2.23. The summed E-state index contributed by atoms with van der Waals surface area (Å²) in [6, 6.07) is 0.422. The number of rotatable bonds is 4. The summed E-state index contributed by atoms with van der Waals surface area (Å²) in [6.07, 6.45) is 1.95. The molecular weight excluding hydrogens is 292 g/mol. The molecule has 0 atom stereocenters. The lowest BCUT2D eigenvalue weighted by atomic mass is 10.0. The minimum Gasteiger partial charge on any atom is -0.476 e. The lowest BCUT2D eigenvalue weighted by Gasteiger charge is -2.35. The molecule has 8 heteroatoms. The first-order valence-electron chi connectivity index (χ1n) is 6.84. The van der Waals surface area contributed by atoms with Gasteiger partial charge >= 0.3 is 12.0 Å². The number of hydrogen-bond donors (Lipinski definition) is 2. The Hall–Kier alpha value is -1.67. The number of thiazole rings is 1. The van der Waals surface area contributed by atoms with E-state index in [1.54, 1.807) is 4.90 Å². The number of carboxylic acid groups (broad SMARTS) is 1. The van der Waals surface area contributed by atoms with Crippen LogP contribution in [0, 0.1) is 0 Å². The fourth-order valence-electron chi connectivity index (χ4n) is 2.34. The van der Waals surface area contributed by atoms with Crippen LogP contribution >= 0.6 is 11.3 Å². The minimum absolute atomic E-state index is 0.0241. The maximum Gasteiger partial charge on any atom is 0.355 e. The summed E-state index contributed by atoms with van der Waals surface area (Å²) in [6.45, 7) is 1.75. The van der Waals surface area contributed by atoms with Gasteiger partial charge in [0.05, 0.1) is 6.54 Å². The molecule has 2 amide bonds. The van der Waals surface area contributed by atoms with E-state index in [-0.39, 0.29) is 18.3 Å². The normalized spacial score (nSPS) is 16.2. The molecule has 0 aliphatic carbocycles. The van der Waals surface area contributed by atoms with Crippen LogP contribution in [0.1, 0.15) is 28.3 Å². The van der Waals surface area contributed by atoms with E-state index in [0.717, 1.165) is 25.9 Å². The summed E-state index contributed by atoms with van der Waals surface area (Å²) >= 11 is 1.24. The van der Waals surface area contributed by atoms with Crippen molar-refractivity contribution >= 4 is 23.3 Å². The first kappa shape index (κ1) is 15.7. The van der Waals surface area contributed by atoms with Gasteiger partial charge in [0.1, 0.15) is 5.01 Å². The second kappa shape index (κ2) is 6.86. The SMILES string of the molecule is CN(C)C1CCN(C(=O)NCc2nc(C(=O)O)cs2)CC1. The van der Waals surface area contributed by atoms with E-state index in [0.29, 0.717) is 11.0 Å². The molecule has 2 rings (SSSR count). The number of nitrogens with one attached hydrogen (secondary N) is 1. The number of urea groups is 1. The van der Waals surface area contributed by atoms with Gasteiger partial charge in [0.25, 0.3) is 0 Å². The van der Waals surface area contributed by atoms with Crippen molar-refractivity contribution < 1.29 is 14.7 Å². The largest absolute Gasteiger partial charge is 0.476 e. The van der Waals surface area contributed by atoms with E-state index in [4.69, 9.17) is 5.11 Å². The number of carbonyl (C=O) groups is 2. The number of likely N-dealkylation sites (tertiary alicyclic amines) is 1. The van der Waals surface area contributed by atoms with E-state index in [9.17, 15) is 9.59 Å². The Morgan fingerprint density at radius 3 is 2.67 bits per heavy atom. The third-order valence-electron chi connectivity index (χ3n) is 3.64. The van der Waals surface area contributed by atoms with Crippen molar-refractivity contribution in [1.29, 1.82) is 0 Å². The third-order valence-corrected chi connectivity index (χ3v) is 4.49. The van der Waals surface area contributed by atoms with Gasteiger partial charge in [0, 0.05) is 24.5 Å². The van der Waals surface area contributed by atoms with E-state index in [1.807, 2.05) is 0 Å². The van der Waals surface area contributed by atoms with Crippen molar-refractivity contribution in [2.75, 3.05) is 27.2 Å². The van der Waals surface area contributed by atoms with Gasteiger partial charge in [-0.05, 0) is 26.9 Å². The van der Waals surface area contributed by atoms with Crippen LogP contribution in [-0.2, 0) is 6.54 Å². The molecule has 0 aromatic carbocycles. The summed E-state index contributed by atoms with van der Waals surface area (Å²) in [5.41, 5.74) is 0.0241. The second-order valence-electron chi connectivity index (χ2n) is 5.27. The smallest absolute Gasteiger partial charge is 0.355 e. The minimum atomic E-state index is -1.05. The standard InChI is InChI=1S/C13H20N4O3S/c1-16(2)9-3-5-17(6-4-9)13(20)14-7-11-15-10(8-21-11)12(18)19/h8-9H,3-7H2,1-2H3,(H,14,20)(H,18,19). The van der Waals surface area contributed by atoms with Crippen molar-refractivity contribution in [3.63, 3.8) is 0 Å². The number of hydrogen-bond acceptors (Lipinski definition) is 5. The van der Waals surface area contributed by atoms with Gasteiger partial charge in [0.2, 0.25) is 0 Å². The predicted molar refractivity (Wildman–Crippen MR) is 79.6 cm³/mol. The number of piperidine rings is 1. The average molecular weight is 312 g/mol. The van der Waals surface area contributed by atoms with Gasteiger partial charge in [0.15, 0.2) is 5.69 Å². The Balaban J connectivity index is 1.78. The number of amides is 2. The molecule has 1 aromatic rings. The zero-order chi connectivity index (χ0) is 15.4. The van der Waals surface area contributed by atoms with Crippen LogP contribution in [0.15, 0.2) is 5.38 Å². The molecule has 1 saturated heterocycles. The zero-order valence-electron chi connectivity index (χ0n) is 12.2. The van der Waals surface area contributed by atoms with Gasteiger partial charge in [-0.15, -0.1) is 11.3 Å². The van der Waals surface area contributed by atoms with E-state index in [1.165, 1.54) is 16.7 Å². The van der Waals surface area contributed by atoms with Gasteiger partial charge in [-0.25, -0.2) is 14.6 Å². The molecule has 0 unspecified atom stereocenters. The molecule has 116 valence electrons. The van der Waals surface area contributed by atoms with Crippen molar-refractivity contribution in [3.05, 3.63) is 16.1 Å². The molecule has 0 saturated carbocycles. The van der Waals surface area contributed by atoms with Crippen LogP contribution in [-0.4, -0.2) is 65.1 Å².